The third kappa shape index (κ3) is 7.36. The molecule has 0 atom stereocenters. The number of anilines is 3. The zero-order chi connectivity index (χ0) is 46.7. The van der Waals surface area contributed by atoms with Crippen molar-refractivity contribution < 1.29 is 4.74 Å². The fourth-order valence-electron chi connectivity index (χ4n) is 10.6. The number of benzene rings is 10. The van der Waals surface area contributed by atoms with Gasteiger partial charge < -0.3 is 4.74 Å². The van der Waals surface area contributed by atoms with Crippen LogP contribution in [0.4, 0.5) is 17.3 Å². The van der Waals surface area contributed by atoms with Crippen LogP contribution in [0, 0.1) is 0 Å². The Bertz CT molecular complexity index is 3160. The van der Waals surface area contributed by atoms with E-state index in [2.05, 4.69) is 248 Å². The van der Waals surface area contributed by atoms with Crippen LogP contribution in [0.5, 0.6) is 11.5 Å². The number of rotatable bonds is 11. The summed E-state index contributed by atoms with van der Waals surface area (Å²) in [6, 6.07) is 100. The van der Waals surface area contributed by atoms with Crippen molar-refractivity contribution in [2.24, 2.45) is 0 Å². The summed E-state index contributed by atoms with van der Waals surface area (Å²) in [6.45, 7) is 0. The van der Waals surface area contributed by atoms with E-state index in [0.717, 1.165) is 34.0 Å². The maximum atomic E-state index is 6.51. The molecular formula is C63H46N4OSi2. The second kappa shape index (κ2) is 18.4. The van der Waals surface area contributed by atoms with E-state index in [0.29, 0.717) is 17.6 Å². The van der Waals surface area contributed by atoms with Crippen LogP contribution in [0.25, 0.3) is 22.8 Å². The first kappa shape index (κ1) is 42.6. The van der Waals surface area contributed by atoms with Gasteiger partial charge in [-0.1, -0.05) is 255 Å². The van der Waals surface area contributed by atoms with Crippen LogP contribution in [0.1, 0.15) is 0 Å². The molecule has 1 aliphatic heterocycles. The highest BCUT2D eigenvalue weighted by atomic mass is 28.3. The van der Waals surface area contributed by atoms with Gasteiger partial charge in [-0.25, -0.2) is 4.98 Å². The van der Waals surface area contributed by atoms with Crippen LogP contribution in [0.15, 0.2) is 279 Å². The molecule has 0 spiro atoms. The van der Waals surface area contributed by atoms with Crippen molar-refractivity contribution >= 4 is 75.0 Å². The van der Waals surface area contributed by atoms with Crippen molar-refractivity contribution in [3.8, 4) is 34.3 Å². The molecule has 1 aromatic heterocycles. The Morgan fingerprint density at radius 3 is 0.886 bits per heavy atom. The predicted molar refractivity (Wildman–Crippen MR) is 293 cm³/mol. The Hall–Kier alpha value is -8.76. The van der Waals surface area contributed by atoms with E-state index in [4.69, 9.17) is 19.7 Å². The Morgan fingerprint density at radius 1 is 0.271 bits per heavy atom. The molecule has 0 aliphatic carbocycles. The quantitative estimate of drug-likeness (QED) is 0.0957. The molecule has 2 heterocycles. The predicted octanol–water partition coefficient (Wildman–Crippen LogP) is 9.54. The van der Waals surface area contributed by atoms with Crippen molar-refractivity contribution in [1.82, 2.24) is 15.0 Å². The Labute approximate surface area is 410 Å². The van der Waals surface area contributed by atoms with Gasteiger partial charge >= 0.3 is 0 Å². The third-order valence-corrected chi connectivity index (χ3v) is 23.2. The lowest BCUT2D eigenvalue weighted by Gasteiger charge is -2.35. The largest absolute Gasteiger partial charge is 0.453 e. The van der Waals surface area contributed by atoms with E-state index in [1.807, 2.05) is 36.4 Å². The van der Waals surface area contributed by atoms with Gasteiger partial charge in [-0.05, 0) is 65.8 Å². The first-order valence-electron chi connectivity index (χ1n) is 23.7. The number of fused-ring (bicyclic) bond motifs is 2. The van der Waals surface area contributed by atoms with E-state index in [9.17, 15) is 0 Å². The third-order valence-electron chi connectivity index (χ3n) is 13.6. The van der Waals surface area contributed by atoms with Crippen molar-refractivity contribution in [3.05, 3.63) is 279 Å². The topological polar surface area (TPSA) is 51.1 Å². The highest BCUT2D eigenvalue weighted by Gasteiger charge is 2.43. The number of para-hydroxylation sites is 4. The van der Waals surface area contributed by atoms with Gasteiger partial charge in [-0.3, -0.25) is 4.90 Å². The minimum absolute atomic E-state index is 0.495. The van der Waals surface area contributed by atoms with Gasteiger partial charge in [0.1, 0.15) is 0 Å². The fourth-order valence-corrected chi connectivity index (χ4v) is 20.1. The number of hydrogen-bond donors (Lipinski definition) is 0. The van der Waals surface area contributed by atoms with Crippen LogP contribution < -0.4 is 51.1 Å². The SMILES string of the molecule is c1ccc([Si](c2ccccc2)(c2ccccc2)c2cccc(-c3nc(-c4cccc([Si](c5ccccc5)(c5ccccc5)c5ccccc5)c4)nc(N4c5ccccc5Oc5ccccc54)n3)c2)cc1. The van der Waals surface area contributed by atoms with Gasteiger partial charge in [0.2, 0.25) is 5.95 Å². The lowest BCUT2D eigenvalue weighted by molar-refractivity contribution is 0.476. The molecular weight excluding hydrogens is 885 g/mol. The maximum Gasteiger partial charge on any atom is 0.239 e. The molecule has 0 saturated carbocycles. The Morgan fingerprint density at radius 2 is 0.557 bits per heavy atom. The highest BCUT2D eigenvalue weighted by molar-refractivity contribution is 7.20. The van der Waals surface area contributed by atoms with Crippen LogP contribution in [0.2, 0.25) is 0 Å². The molecule has 1 aliphatic rings. The van der Waals surface area contributed by atoms with Gasteiger partial charge in [0.05, 0.1) is 11.4 Å². The van der Waals surface area contributed by atoms with Crippen LogP contribution >= 0.6 is 0 Å². The summed E-state index contributed by atoms with van der Waals surface area (Å²) >= 11 is 0. The molecule has 0 bridgehead atoms. The number of aromatic nitrogens is 3. The number of nitrogens with zero attached hydrogens (tertiary/aromatic N) is 4. The second-order valence-corrected chi connectivity index (χ2v) is 25.1. The van der Waals surface area contributed by atoms with Gasteiger partial charge in [-0.15, -0.1) is 0 Å². The average Bonchev–Trinajstić information content (AvgIpc) is 3.45. The summed E-state index contributed by atoms with van der Waals surface area (Å²) in [5.74, 6) is 3.09. The molecule has 0 N–H and O–H groups in total. The first-order chi connectivity index (χ1) is 34.7. The molecule has 0 fully saturated rings. The molecule has 0 unspecified atom stereocenters. The monoisotopic (exact) mass is 930 g/mol. The van der Waals surface area contributed by atoms with Crippen LogP contribution in [-0.4, -0.2) is 31.1 Å². The first-order valence-corrected chi connectivity index (χ1v) is 27.7. The van der Waals surface area contributed by atoms with Crippen LogP contribution in [0.3, 0.4) is 0 Å². The normalized spacial score (nSPS) is 12.1. The molecule has 0 radical (unpaired) electrons. The number of ether oxygens (including phenoxy) is 1. The summed E-state index contributed by atoms with van der Waals surface area (Å²) in [6.07, 6.45) is 0. The number of hydrogen-bond acceptors (Lipinski definition) is 5. The molecule has 12 rings (SSSR count). The maximum absolute atomic E-state index is 6.51. The Balaban J connectivity index is 1.12. The molecule has 7 heteroatoms. The summed E-state index contributed by atoms with van der Waals surface area (Å²) < 4.78 is 6.51. The van der Waals surface area contributed by atoms with Gasteiger partial charge in [-0.2, -0.15) is 9.97 Å². The minimum atomic E-state index is -2.90. The lowest BCUT2D eigenvalue weighted by Crippen LogP contribution is -2.74. The van der Waals surface area contributed by atoms with Crippen LogP contribution in [-0.2, 0) is 0 Å². The standard InChI is InChI=1S/C63H46N4OSi2/c1-7-27-49(28-8-1)69(50-29-9-2-10-30-50,51-31-11-3-12-32-51)55-39-23-25-47(45-55)61-64-62(66-63(65-61)67-57-41-19-21-43-59(57)68-60-44-22-20-42-58(60)67)48-26-24-40-56(46-48)70(52-33-13-4-14-34-52,53-35-15-5-16-36-53)54-37-17-6-18-38-54/h1-46H. The molecule has 10 aromatic carbocycles. The van der Waals surface area contributed by atoms with Crippen molar-refractivity contribution in [2.45, 2.75) is 0 Å². The highest BCUT2D eigenvalue weighted by Crippen LogP contribution is 2.49. The van der Waals surface area contributed by atoms with E-state index in [1.54, 1.807) is 0 Å². The van der Waals surface area contributed by atoms with Gasteiger partial charge in [0.25, 0.3) is 0 Å². The Kier molecular flexibility index (Phi) is 11.2. The zero-order valence-corrected chi connectivity index (χ0v) is 40.3. The van der Waals surface area contributed by atoms with E-state index < -0.39 is 16.1 Å². The lowest BCUT2D eigenvalue weighted by atomic mass is 10.1. The molecule has 11 aromatic rings. The van der Waals surface area contributed by atoms with Crippen molar-refractivity contribution in [2.75, 3.05) is 4.90 Å². The van der Waals surface area contributed by atoms with E-state index in [-0.39, 0.29) is 0 Å². The summed E-state index contributed by atoms with van der Waals surface area (Å²) in [4.78, 5) is 18.6. The fraction of sp³-hybridized carbons (Fsp3) is 0. The van der Waals surface area contributed by atoms with Gasteiger partial charge in [0.15, 0.2) is 39.3 Å². The average molecular weight is 931 g/mol. The molecule has 0 amide bonds. The molecule has 0 saturated heterocycles. The smallest absolute Gasteiger partial charge is 0.239 e. The molecule has 5 nitrogen and oxygen atoms in total. The summed E-state index contributed by atoms with van der Waals surface area (Å²) in [5.41, 5.74) is 3.49. The summed E-state index contributed by atoms with van der Waals surface area (Å²) in [5, 5.41) is 10.2. The van der Waals surface area contributed by atoms with E-state index >= 15 is 0 Å². The van der Waals surface area contributed by atoms with Crippen molar-refractivity contribution in [3.63, 3.8) is 0 Å². The zero-order valence-electron chi connectivity index (χ0n) is 38.3. The second-order valence-electron chi connectivity index (χ2n) is 17.5. The van der Waals surface area contributed by atoms with Gasteiger partial charge in [0, 0.05) is 11.1 Å². The van der Waals surface area contributed by atoms with Crippen molar-refractivity contribution in [1.29, 1.82) is 0 Å². The minimum Gasteiger partial charge on any atom is -0.453 e. The summed E-state index contributed by atoms with van der Waals surface area (Å²) in [7, 11) is -5.80. The van der Waals surface area contributed by atoms with E-state index in [1.165, 1.54) is 41.5 Å². The molecule has 332 valence electrons. The molecule has 70 heavy (non-hydrogen) atoms.